The number of hydrogen-bond donors (Lipinski definition) is 0. The standard InChI is InChI=1S/Al.3ClH.Sn/h;3*1H;/q+3;;;;/p-3. The zero-order valence-electron chi connectivity index (χ0n) is 2.21. The molecule has 0 aromatic rings. The van der Waals surface area contributed by atoms with E-state index in [4.69, 9.17) is 30.1 Å². The molecule has 0 amide bonds. The second-order valence-corrected chi connectivity index (χ2v) is 6.68. The first-order chi connectivity index (χ1) is 1.73. The van der Waals surface area contributed by atoms with E-state index in [-0.39, 0.29) is 23.9 Å². The summed E-state index contributed by atoms with van der Waals surface area (Å²) in [4.78, 5) is 0. The van der Waals surface area contributed by atoms with Crippen LogP contribution in [0.25, 0.3) is 0 Å². The third kappa shape index (κ3) is 22.6. The van der Waals surface area contributed by atoms with Crippen molar-refractivity contribution in [1.29, 1.82) is 0 Å². The van der Waals surface area contributed by atoms with Crippen LogP contribution >= 0.6 is 30.1 Å². The third-order valence-electron chi connectivity index (χ3n) is 0. The van der Waals surface area contributed by atoms with Gasteiger partial charge in [0.05, 0.1) is 0 Å². The maximum Gasteiger partial charge on any atom is 0.643 e. The zero-order valence-corrected chi connectivity index (χ0v) is 8.49. The van der Waals surface area contributed by atoms with Gasteiger partial charge in [0.25, 0.3) is 0 Å². The fourth-order valence-corrected chi connectivity index (χ4v) is 0. The maximum atomic E-state index is 4.94. The molecule has 0 rings (SSSR count). The van der Waals surface area contributed by atoms with Gasteiger partial charge in [0, 0.05) is 23.9 Å². The number of rotatable bonds is 0. The summed E-state index contributed by atoms with van der Waals surface area (Å²) < 4.78 is 0. The molecule has 0 fully saturated rings. The molecular formula is AlCl3Sn. The normalized spacial score (nSPS) is 5.40. The van der Waals surface area contributed by atoms with Crippen molar-refractivity contribution in [3.8, 4) is 0 Å². The van der Waals surface area contributed by atoms with Gasteiger partial charge in [-0.05, 0) is 0 Å². The Morgan fingerprint density at radius 2 is 1.00 bits per heavy atom. The Morgan fingerprint density at radius 1 is 1.00 bits per heavy atom. The van der Waals surface area contributed by atoms with E-state index in [1.807, 2.05) is 0 Å². The summed E-state index contributed by atoms with van der Waals surface area (Å²) in [6.45, 7) is 0. The summed E-state index contributed by atoms with van der Waals surface area (Å²) in [5.41, 5.74) is 0. The van der Waals surface area contributed by atoms with Crippen molar-refractivity contribution in [1.82, 2.24) is 0 Å². The fourth-order valence-electron chi connectivity index (χ4n) is 0. The van der Waals surface area contributed by atoms with Crippen LogP contribution < -0.4 is 0 Å². The van der Waals surface area contributed by atoms with Gasteiger partial charge >= 0.3 is 11.4 Å². The van der Waals surface area contributed by atoms with Crippen LogP contribution in [0, 0.1) is 0 Å². The second kappa shape index (κ2) is 6.20. The van der Waals surface area contributed by atoms with Crippen LogP contribution in [0.2, 0.25) is 0 Å². The summed E-state index contributed by atoms with van der Waals surface area (Å²) in [5.74, 6) is 0. The van der Waals surface area contributed by atoms with Gasteiger partial charge in [-0.3, -0.25) is 0 Å². The van der Waals surface area contributed by atoms with Gasteiger partial charge < -0.3 is 0 Å². The average molecular weight is 252 g/mol. The van der Waals surface area contributed by atoms with Crippen molar-refractivity contribution in [2.24, 2.45) is 0 Å². The van der Waals surface area contributed by atoms with E-state index in [0.717, 1.165) is 0 Å². The molecule has 5 heavy (non-hydrogen) atoms. The Bertz CT molecular complexity index is 11.6. The van der Waals surface area contributed by atoms with Crippen molar-refractivity contribution >= 4 is 65.4 Å². The second-order valence-electron chi connectivity index (χ2n) is 0.247. The smallest absolute Gasteiger partial charge is 0.214 e. The van der Waals surface area contributed by atoms with Gasteiger partial charge in [0.1, 0.15) is 0 Å². The average Bonchev–Trinajstić information content (AvgIpc) is 0.811. The molecule has 0 unspecified atom stereocenters. The molecule has 0 heterocycles. The molecule has 0 atom stereocenters. The van der Waals surface area contributed by atoms with Gasteiger partial charge in [0.2, 0.25) is 0 Å². The molecule has 0 bridgehead atoms. The molecule has 0 aliphatic carbocycles. The summed E-state index contributed by atoms with van der Waals surface area (Å²) >= 11 is -1.72. The Morgan fingerprint density at radius 3 is 1.00 bits per heavy atom. The van der Waals surface area contributed by atoms with E-state index >= 15 is 0 Å². The van der Waals surface area contributed by atoms with Crippen molar-refractivity contribution in [2.45, 2.75) is 0 Å². The molecule has 0 aromatic carbocycles. The van der Waals surface area contributed by atoms with Crippen LogP contribution in [0.3, 0.4) is 0 Å². The first kappa shape index (κ1) is 10.2. The third-order valence-corrected chi connectivity index (χ3v) is 0. The van der Waals surface area contributed by atoms with Crippen LogP contribution in [0.5, 0.6) is 0 Å². The van der Waals surface area contributed by atoms with E-state index in [9.17, 15) is 0 Å². The minimum absolute atomic E-state index is 0. The first-order valence-corrected chi connectivity index (χ1v) is 5.89. The monoisotopic (exact) mass is 252 g/mol. The van der Waals surface area contributed by atoms with Gasteiger partial charge in [-0.1, -0.05) is 0 Å². The van der Waals surface area contributed by atoms with Crippen molar-refractivity contribution in [3.63, 3.8) is 0 Å². The molecule has 0 saturated carbocycles. The van der Waals surface area contributed by atoms with Crippen LogP contribution in [0.15, 0.2) is 0 Å². The van der Waals surface area contributed by atoms with E-state index in [1.54, 1.807) is 0 Å². The minimum atomic E-state index is -1.72. The number of halogens is 3. The molecule has 0 aliphatic heterocycles. The summed E-state index contributed by atoms with van der Waals surface area (Å²) in [6.07, 6.45) is 0. The molecule has 0 aliphatic rings. The molecule has 0 N–H and O–H groups in total. The molecule has 28 valence electrons. The van der Waals surface area contributed by atoms with Crippen molar-refractivity contribution < 1.29 is 0 Å². The van der Waals surface area contributed by atoms with E-state index in [2.05, 4.69) is 0 Å². The molecule has 0 nitrogen and oxygen atoms in total. The quantitative estimate of drug-likeness (QED) is 0.570. The molecular weight excluding hydrogens is 252 g/mol. The molecule has 4 radical (unpaired) electrons. The molecule has 0 aromatic heterocycles. The topological polar surface area (TPSA) is 0 Å². The van der Waals surface area contributed by atoms with Crippen LogP contribution in [-0.4, -0.2) is 35.3 Å². The minimum Gasteiger partial charge on any atom is -0.214 e. The van der Waals surface area contributed by atoms with E-state index in [1.165, 1.54) is 0 Å². The largest absolute Gasteiger partial charge is 0.643 e. The first-order valence-electron chi connectivity index (χ1n) is 0.655. The van der Waals surface area contributed by atoms with Crippen molar-refractivity contribution in [3.05, 3.63) is 0 Å². The van der Waals surface area contributed by atoms with Crippen LogP contribution in [0.4, 0.5) is 0 Å². The summed E-state index contributed by atoms with van der Waals surface area (Å²) in [6, 6.07) is 0. The molecule has 0 spiro atoms. The zero-order chi connectivity index (χ0) is 3.58. The Labute approximate surface area is 64.7 Å². The van der Waals surface area contributed by atoms with Crippen LogP contribution in [0.1, 0.15) is 0 Å². The number of hydrogen-bond acceptors (Lipinski definition) is 0. The van der Waals surface area contributed by atoms with Crippen molar-refractivity contribution in [2.75, 3.05) is 0 Å². The van der Waals surface area contributed by atoms with Crippen LogP contribution in [-0.2, 0) is 0 Å². The Kier molecular flexibility index (Phi) is 12.7. The van der Waals surface area contributed by atoms with Gasteiger partial charge in [-0.25, -0.2) is 30.1 Å². The fraction of sp³-hybridized carbons (Fsp3) is 0. The maximum absolute atomic E-state index is 4.94. The Hall–Kier alpha value is 2.20. The predicted octanol–water partition coefficient (Wildman–Crippen LogP) is 1.31. The van der Waals surface area contributed by atoms with Gasteiger partial charge in [-0.15, -0.1) is 0 Å². The van der Waals surface area contributed by atoms with Gasteiger partial charge in [0.15, 0.2) is 0 Å². The summed E-state index contributed by atoms with van der Waals surface area (Å²) in [5, 5.41) is 0. The van der Waals surface area contributed by atoms with E-state index < -0.39 is 11.4 Å². The molecule has 5 heteroatoms. The molecule has 0 saturated heterocycles. The predicted molar refractivity (Wildman–Crippen MR) is 29.1 cm³/mol. The van der Waals surface area contributed by atoms with Gasteiger partial charge in [-0.2, -0.15) is 0 Å². The SMILES string of the molecule is [Cl][Al]([Cl])[Cl].[Sn]. The Balaban J connectivity index is 0. The van der Waals surface area contributed by atoms with E-state index in [0.29, 0.717) is 0 Å². The summed E-state index contributed by atoms with van der Waals surface area (Å²) in [7, 11) is 14.8.